The Kier molecular flexibility index (Phi) is 3.13. The van der Waals surface area contributed by atoms with Crippen LogP contribution in [0.2, 0.25) is 0 Å². The van der Waals surface area contributed by atoms with Gasteiger partial charge in [-0.3, -0.25) is 4.98 Å². The predicted molar refractivity (Wildman–Crippen MR) is 76.6 cm³/mol. The molecule has 3 aromatic rings. The molecular formula is C14H13N3OS. The molecule has 0 aliphatic carbocycles. The first-order valence-corrected chi connectivity index (χ1v) is 6.90. The summed E-state index contributed by atoms with van der Waals surface area (Å²) < 4.78 is 5.59. The molecule has 0 aliphatic heterocycles. The van der Waals surface area contributed by atoms with Gasteiger partial charge in [0.05, 0.1) is 18.4 Å². The lowest BCUT2D eigenvalue weighted by atomic mass is 10.2. The predicted octanol–water partition coefficient (Wildman–Crippen LogP) is 3.46. The SMILES string of the molecule is CCOc1cnccc1-c1nc2cc(C)cnc2s1. The molecule has 4 nitrogen and oxygen atoms in total. The van der Waals surface area contributed by atoms with Gasteiger partial charge in [-0.1, -0.05) is 11.3 Å². The Labute approximate surface area is 115 Å². The van der Waals surface area contributed by atoms with Crippen molar-refractivity contribution < 1.29 is 4.74 Å². The highest BCUT2D eigenvalue weighted by Crippen LogP contribution is 2.34. The van der Waals surface area contributed by atoms with Crippen LogP contribution in [0.3, 0.4) is 0 Å². The van der Waals surface area contributed by atoms with E-state index in [4.69, 9.17) is 4.74 Å². The standard InChI is InChI=1S/C14H13N3OS/c1-3-18-12-8-15-5-4-10(12)13-17-11-6-9(2)7-16-14(11)19-13/h4-8H,3H2,1-2H3. The second-order valence-electron chi connectivity index (χ2n) is 4.16. The summed E-state index contributed by atoms with van der Waals surface area (Å²) in [6.45, 7) is 4.59. The van der Waals surface area contributed by atoms with Gasteiger partial charge in [0.25, 0.3) is 0 Å². The van der Waals surface area contributed by atoms with E-state index in [2.05, 4.69) is 15.0 Å². The molecule has 0 aliphatic rings. The van der Waals surface area contributed by atoms with Crippen LogP contribution in [0.1, 0.15) is 12.5 Å². The van der Waals surface area contributed by atoms with Crippen molar-refractivity contribution in [1.82, 2.24) is 15.0 Å². The highest BCUT2D eigenvalue weighted by Gasteiger charge is 2.12. The van der Waals surface area contributed by atoms with Gasteiger partial charge in [-0.05, 0) is 31.5 Å². The first kappa shape index (κ1) is 12.0. The normalized spacial score (nSPS) is 10.8. The van der Waals surface area contributed by atoms with E-state index in [9.17, 15) is 0 Å². The van der Waals surface area contributed by atoms with Crippen molar-refractivity contribution in [2.24, 2.45) is 0 Å². The summed E-state index contributed by atoms with van der Waals surface area (Å²) in [7, 11) is 0. The molecule has 0 unspecified atom stereocenters. The Hall–Kier alpha value is -2.01. The first-order chi connectivity index (χ1) is 9.28. The summed E-state index contributed by atoms with van der Waals surface area (Å²) in [6.07, 6.45) is 5.34. The lowest BCUT2D eigenvalue weighted by Gasteiger charge is -2.06. The molecule has 0 aromatic carbocycles. The lowest BCUT2D eigenvalue weighted by molar-refractivity contribution is 0.340. The smallest absolute Gasteiger partial charge is 0.147 e. The van der Waals surface area contributed by atoms with Gasteiger partial charge in [0.1, 0.15) is 21.1 Å². The van der Waals surface area contributed by atoms with Crippen molar-refractivity contribution in [2.45, 2.75) is 13.8 Å². The zero-order valence-electron chi connectivity index (χ0n) is 10.8. The van der Waals surface area contributed by atoms with Gasteiger partial charge in [-0.2, -0.15) is 0 Å². The van der Waals surface area contributed by atoms with Crippen molar-refractivity contribution in [3.8, 4) is 16.3 Å². The van der Waals surface area contributed by atoms with Gasteiger partial charge in [0.2, 0.25) is 0 Å². The summed E-state index contributed by atoms with van der Waals surface area (Å²) in [5.41, 5.74) is 3.01. The van der Waals surface area contributed by atoms with Crippen LogP contribution < -0.4 is 4.74 Å². The third-order valence-corrected chi connectivity index (χ3v) is 3.71. The summed E-state index contributed by atoms with van der Waals surface area (Å²) in [5.74, 6) is 0.765. The van der Waals surface area contributed by atoms with E-state index < -0.39 is 0 Å². The van der Waals surface area contributed by atoms with Gasteiger partial charge in [-0.25, -0.2) is 9.97 Å². The molecule has 3 heterocycles. The molecule has 0 N–H and O–H groups in total. The van der Waals surface area contributed by atoms with E-state index in [1.165, 1.54) is 0 Å². The molecule has 5 heteroatoms. The summed E-state index contributed by atoms with van der Waals surface area (Å²) in [6, 6.07) is 3.97. The highest BCUT2D eigenvalue weighted by atomic mass is 32.1. The van der Waals surface area contributed by atoms with E-state index in [1.807, 2.05) is 32.2 Å². The van der Waals surface area contributed by atoms with Crippen LogP contribution in [0.25, 0.3) is 20.9 Å². The van der Waals surface area contributed by atoms with Gasteiger partial charge in [-0.15, -0.1) is 0 Å². The minimum atomic E-state index is 0.612. The van der Waals surface area contributed by atoms with E-state index in [1.54, 1.807) is 23.7 Å². The molecule has 19 heavy (non-hydrogen) atoms. The van der Waals surface area contributed by atoms with Crippen molar-refractivity contribution in [2.75, 3.05) is 6.61 Å². The largest absolute Gasteiger partial charge is 0.492 e. The van der Waals surface area contributed by atoms with E-state index >= 15 is 0 Å². The van der Waals surface area contributed by atoms with Crippen LogP contribution in [-0.2, 0) is 0 Å². The highest BCUT2D eigenvalue weighted by molar-refractivity contribution is 7.21. The van der Waals surface area contributed by atoms with Crippen molar-refractivity contribution in [3.63, 3.8) is 0 Å². The van der Waals surface area contributed by atoms with Gasteiger partial charge in [0, 0.05) is 12.4 Å². The van der Waals surface area contributed by atoms with Gasteiger partial charge < -0.3 is 4.74 Å². The zero-order chi connectivity index (χ0) is 13.2. The Bertz CT molecular complexity index is 724. The topological polar surface area (TPSA) is 47.9 Å². The third kappa shape index (κ3) is 2.29. The number of hydrogen-bond donors (Lipinski definition) is 0. The molecule has 0 saturated carbocycles. The second-order valence-corrected chi connectivity index (χ2v) is 5.14. The zero-order valence-corrected chi connectivity index (χ0v) is 11.6. The summed E-state index contributed by atoms with van der Waals surface area (Å²) >= 11 is 1.57. The molecule has 3 rings (SSSR count). The number of fused-ring (bicyclic) bond motifs is 1. The van der Waals surface area contributed by atoms with Gasteiger partial charge >= 0.3 is 0 Å². The van der Waals surface area contributed by atoms with Crippen molar-refractivity contribution in [3.05, 3.63) is 36.3 Å². The molecule has 0 fully saturated rings. The minimum absolute atomic E-state index is 0.612. The van der Waals surface area contributed by atoms with Crippen LogP contribution in [0.5, 0.6) is 5.75 Å². The quantitative estimate of drug-likeness (QED) is 0.732. The summed E-state index contributed by atoms with van der Waals surface area (Å²) in [4.78, 5) is 14.1. The molecule has 0 saturated heterocycles. The monoisotopic (exact) mass is 271 g/mol. The maximum Gasteiger partial charge on any atom is 0.147 e. The fourth-order valence-corrected chi connectivity index (χ4v) is 2.79. The Morgan fingerprint density at radius 2 is 2.21 bits per heavy atom. The molecule has 0 atom stereocenters. The number of nitrogens with zero attached hydrogens (tertiary/aromatic N) is 3. The Morgan fingerprint density at radius 1 is 1.32 bits per heavy atom. The number of ether oxygens (including phenoxy) is 1. The molecule has 3 aromatic heterocycles. The van der Waals surface area contributed by atoms with E-state index in [-0.39, 0.29) is 0 Å². The summed E-state index contributed by atoms with van der Waals surface area (Å²) in [5, 5.41) is 0.916. The molecule has 0 amide bonds. The van der Waals surface area contributed by atoms with Crippen molar-refractivity contribution in [1.29, 1.82) is 0 Å². The second kappa shape index (κ2) is 4.93. The number of pyridine rings is 2. The molecule has 0 radical (unpaired) electrons. The number of thiazole rings is 1. The average Bonchev–Trinajstić information content (AvgIpc) is 2.82. The third-order valence-electron chi connectivity index (χ3n) is 2.70. The maximum atomic E-state index is 5.59. The van der Waals surface area contributed by atoms with Crippen LogP contribution >= 0.6 is 11.3 Å². The number of aromatic nitrogens is 3. The van der Waals surface area contributed by atoms with E-state index in [0.717, 1.165) is 32.2 Å². The fraction of sp³-hybridized carbons (Fsp3) is 0.214. The fourth-order valence-electron chi connectivity index (χ4n) is 1.87. The molecule has 0 spiro atoms. The number of aryl methyl sites for hydroxylation is 1. The Balaban J connectivity index is 2.13. The maximum absolute atomic E-state index is 5.59. The van der Waals surface area contributed by atoms with Crippen molar-refractivity contribution >= 4 is 21.7 Å². The van der Waals surface area contributed by atoms with E-state index in [0.29, 0.717) is 6.61 Å². The number of rotatable bonds is 3. The molecule has 0 bridgehead atoms. The lowest BCUT2D eigenvalue weighted by Crippen LogP contribution is -1.94. The average molecular weight is 271 g/mol. The van der Waals surface area contributed by atoms with Gasteiger partial charge in [0.15, 0.2) is 0 Å². The molecular weight excluding hydrogens is 258 g/mol. The van der Waals surface area contributed by atoms with Crippen LogP contribution in [0.4, 0.5) is 0 Å². The van der Waals surface area contributed by atoms with Crippen LogP contribution in [-0.4, -0.2) is 21.6 Å². The Morgan fingerprint density at radius 3 is 3.05 bits per heavy atom. The number of hydrogen-bond acceptors (Lipinski definition) is 5. The molecule has 96 valence electrons. The van der Waals surface area contributed by atoms with Crippen LogP contribution in [0, 0.1) is 6.92 Å². The minimum Gasteiger partial charge on any atom is -0.492 e. The first-order valence-electron chi connectivity index (χ1n) is 6.08. The van der Waals surface area contributed by atoms with Crippen LogP contribution in [0.15, 0.2) is 30.7 Å².